The first-order chi connectivity index (χ1) is 6.92. The summed E-state index contributed by atoms with van der Waals surface area (Å²) >= 11 is 5.64. The molecule has 0 saturated carbocycles. The molecule has 0 fully saturated rings. The molecule has 0 saturated heterocycles. The van der Waals surface area contributed by atoms with Crippen molar-refractivity contribution in [3.63, 3.8) is 0 Å². The standard InChI is InChI=1S/C7H6ClNO4S2/c8-5-1-3-6(4-2-5)15(12,13)9-14-7(10)11/h1-4,10-11H. The summed E-state index contributed by atoms with van der Waals surface area (Å²) < 4.78 is 25.8. The molecule has 8 heteroatoms. The molecule has 1 aromatic rings. The fraction of sp³-hybridized carbons (Fsp3) is 0. The van der Waals surface area contributed by atoms with Gasteiger partial charge in [0.1, 0.15) is 0 Å². The Balaban J connectivity index is 3.19. The summed E-state index contributed by atoms with van der Waals surface area (Å²) in [5.41, 5.74) is 0. The van der Waals surface area contributed by atoms with Gasteiger partial charge in [-0.25, -0.2) is 0 Å². The Kier molecular flexibility index (Phi) is 4.00. The molecule has 0 aliphatic rings. The van der Waals surface area contributed by atoms with Crippen LogP contribution in [0.4, 0.5) is 0 Å². The Labute approximate surface area is 94.7 Å². The molecule has 0 aliphatic heterocycles. The number of nitrogens with zero attached hydrogens (tertiary/aromatic N) is 1. The average molecular weight is 268 g/mol. The molecule has 1 aromatic carbocycles. The van der Waals surface area contributed by atoms with Crippen molar-refractivity contribution in [2.45, 2.75) is 4.90 Å². The monoisotopic (exact) mass is 267 g/mol. The molecule has 0 heterocycles. The summed E-state index contributed by atoms with van der Waals surface area (Å²) in [4.78, 5) is -0.0688. The number of sulfonamides is 1. The van der Waals surface area contributed by atoms with E-state index in [0.717, 1.165) is 0 Å². The largest absolute Gasteiger partial charge is 0.332 e. The van der Waals surface area contributed by atoms with Gasteiger partial charge in [0, 0.05) is 16.2 Å². The topological polar surface area (TPSA) is 87.0 Å². The highest BCUT2D eigenvalue weighted by molar-refractivity contribution is 7.94. The Morgan fingerprint density at radius 3 is 2.27 bits per heavy atom. The number of halogens is 1. The van der Waals surface area contributed by atoms with E-state index in [9.17, 15) is 8.42 Å². The number of rotatable bonds is 2. The molecule has 0 aromatic heterocycles. The molecule has 0 aliphatic carbocycles. The minimum Gasteiger partial charge on any atom is -0.332 e. The Morgan fingerprint density at radius 2 is 1.80 bits per heavy atom. The number of aliphatic hydroxyl groups is 2. The highest BCUT2D eigenvalue weighted by Gasteiger charge is 2.11. The second-order valence-electron chi connectivity index (χ2n) is 2.38. The molecule has 5 nitrogen and oxygen atoms in total. The van der Waals surface area contributed by atoms with Crippen molar-refractivity contribution in [1.29, 1.82) is 0 Å². The number of benzene rings is 1. The second-order valence-corrected chi connectivity index (χ2v) is 5.38. The summed E-state index contributed by atoms with van der Waals surface area (Å²) in [7, 11) is -3.88. The molecule has 0 spiro atoms. The van der Waals surface area contributed by atoms with Gasteiger partial charge < -0.3 is 10.2 Å². The van der Waals surface area contributed by atoms with E-state index in [1.54, 1.807) is 0 Å². The number of hydrogen-bond donors (Lipinski definition) is 2. The zero-order valence-corrected chi connectivity index (χ0v) is 9.55. The van der Waals surface area contributed by atoms with Gasteiger partial charge in [-0.05, 0) is 24.3 Å². The number of aliphatic hydroxyl groups excluding tert-OH is 1. The first kappa shape index (κ1) is 12.3. The normalized spacial score (nSPS) is 10.9. The Hall–Kier alpha value is -0.730. The molecule has 0 bridgehead atoms. The van der Waals surface area contributed by atoms with E-state index < -0.39 is 15.3 Å². The summed E-state index contributed by atoms with van der Waals surface area (Å²) in [6, 6.07) is 5.35. The van der Waals surface area contributed by atoms with E-state index >= 15 is 0 Å². The third-order valence-corrected chi connectivity index (χ3v) is 3.69. The van der Waals surface area contributed by atoms with E-state index in [2.05, 4.69) is 3.77 Å². The Morgan fingerprint density at radius 1 is 1.27 bits per heavy atom. The van der Waals surface area contributed by atoms with Gasteiger partial charge in [-0.3, -0.25) is 0 Å². The highest BCUT2D eigenvalue weighted by Crippen LogP contribution is 2.15. The van der Waals surface area contributed by atoms with Gasteiger partial charge in [0.05, 0.1) is 4.90 Å². The molecular weight excluding hydrogens is 262 g/mol. The minimum absolute atomic E-state index is 0.0688. The van der Waals surface area contributed by atoms with Crippen LogP contribution in [0.1, 0.15) is 0 Å². The van der Waals surface area contributed by atoms with Crippen molar-refractivity contribution in [2.75, 3.05) is 0 Å². The predicted molar refractivity (Wildman–Crippen MR) is 58.7 cm³/mol. The molecule has 0 unspecified atom stereocenters. The van der Waals surface area contributed by atoms with Crippen molar-refractivity contribution >= 4 is 38.0 Å². The summed E-state index contributed by atoms with van der Waals surface area (Å²) in [5, 5.41) is 16.0. The van der Waals surface area contributed by atoms with Gasteiger partial charge in [-0.15, -0.1) is 0 Å². The highest BCUT2D eigenvalue weighted by atomic mass is 35.5. The predicted octanol–water partition coefficient (Wildman–Crippen LogP) is 1.50. The van der Waals surface area contributed by atoms with Crippen molar-refractivity contribution in [3.8, 4) is 0 Å². The van der Waals surface area contributed by atoms with E-state index in [4.69, 9.17) is 21.8 Å². The maximum Gasteiger partial charge on any atom is 0.292 e. The van der Waals surface area contributed by atoms with Crippen LogP contribution in [0.3, 0.4) is 0 Å². The van der Waals surface area contributed by atoms with Crippen LogP contribution in [0.5, 0.6) is 0 Å². The van der Waals surface area contributed by atoms with Crippen LogP contribution >= 0.6 is 11.6 Å². The summed E-state index contributed by atoms with van der Waals surface area (Å²) in [6.45, 7) is 0. The fourth-order valence-electron chi connectivity index (χ4n) is 0.732. The van der Waals surface area contributed by atoms with Crippen molar-refractivity contribution in [1.82, 2.24) is 0 Å². The molecule has 0 atom stereocenters. The lowest BCUT2D eigenvalue weighted by Gasteiger charge is -1.95. The van der Waals surface area contributed by atoms with Crippen LogP contribution in [-0.2, 0) is 21.2 Å². The van der Waals surface area contributed by atoms with Crippen LogP contribution in [0.15, 0.2) is 32.9 Å². The lowest BCUT2D eigenvalue weighted by molar-refractivity contribution is 0.385. The SMILES string of the molecule is O=S(=O)(N=S=C(O)O)c1ccc(Cl)cc1. The van der Waals surface area contributed by atoms with Crippen LogP contribution in [0, 0.1) is 0 Å². The fourth-order valence-corrected chi connectivity index (χ4v) is 2.34. The summed E-state index contributed by atoms with van der Waals surface area (Å²) in [5.74, 6) is 0. The lowest BCUT2D eigenvalue weighted by Crippen LogP contribution is -1.97. The second kappa shape index (κ2) is 4.86. The van der Waals surface area contributed by atoms with Crippen LogP contribution in [0.25, 0.3) is 0 Å². The third-order valence-electron chi connectivity index (χ3n) is 1.33. The molecule has 0 radical (unpaired) electrons. The van der Waals surface area contributed by atoms with Crippen molar-refractivity contribution in [3.05, 3.63) is 29.3 Å². The van der Waals surface area contributed by atoms with Crippen LogP contribution in [-0.4, -0.2) is 23.9 Å². The lowest BCUT2D eigenvalue weighted by atomic mass is 10.4. The van der Waals surface area contributed by atoms with Gasteiger partial charge >= 0.3 is 0 Å². The quantitative estimate of drug-likeness (QED) is 0.795. The van der Waals surface area contributed by atoms with Crippen LogP contribution < -0.4 is 0 Å². The van der Waals surface area contributed by atoms with E-state index in [1.165, 1.54) is 24.3 Å². The van der Waals surface area contributed by atoms with Gasteiger partial charge in [-0.1, -0.05) is 15.4 Å². The maximum absolute atomic E-state index is 11.4. The van der Waals surface area contributed by atoms with E-state index in [-0.39, 0.29) is 16.0 Å². The smallest absolute Gasteiger partial charge is 0.292 e. The molecular formula is C7H6ClNO4S2. The Bertz CT molecular complexity index is 512. The molecule has 1 rings (SSSR count). The maximum atomic E-state index is 11.4. The minimum atomic E-state index is -3.88. The molecule has 82 valence electrons. The molecule has 15 heavy (non-hydrogen) atoms. The third kappa shape index (κ3) is 3.73. The van der Waals surface area contributed by atoms with E-state index in [1.807, 2.05) is 0 Å². The zero-order chi connectivity index (χ0) is 11.5. The molecule has 2 N–H and O–H groups in total. The average Bonchev–Trinajstić information content (AvgIpc) is 2.16. The van der Waals surface area contributed by atoms with Crippen LogP contribution in [0.2, 0.25) is 5.02 Å². The van der Waals surface area contributed by atoms with Gasteiger partial charge in [0.25, 0.3) is 15.3 Å². The van der Waals surface area contributed by atoms with E-state index in [0.29, 0.717) is 5.02 Å². The van der Waals surface area contributed by atoms with Crippen molar-refractivity contribution in [2.24, 2.45) is 3.77 Å². The zero-order valence-electron chi connectivity index (χ0n) is 7.16. The summed E-state index contributed by atoms with van der Waals surface area (Å²) in [6.07, 6.45) is 0. The first-order valence-electron chi connectivity index (χ1n) is 3.56. The number of hydrogen-bond acceptors (Lipinski definition) is 2. The van der Waals surface area contributed by atoms with Crippen molar-refractivity contribution < 1.29 is 18.6 Å². The molecule has 0 amide bonds. The van der Waals surface area contributed by atoms with Gasteiger partial charge in [-0.2, -0.15) is 8.42 Å². The first-order valence-corrected chi connectivity index (χ1v) is 6.16. The van der Waals surface area contributed by atoms with Gasteiger partial charge in [0.2, 0.25) is 0 Å². The van der Waals surface area contributed by atoms with Gasteiger partial charge in [0.15, 0.2) is 0 Å².